The van der Waals surface area contributed by atoms with Crippen LogP contribution in [0.1, 0.15) is 6.42 Å². The summed E-state index contributed by atoms with van der Waals surface area (Å²) in [6.07, 6.45) is 0.740. The minimum absolute atomic E-state index is 0.243. The van der Waals surface area contributed by atoms with Gasteiger partial charge in [0.25, 0.3) is 10.0 Å². The highest BCUT2D eigenvalue weighted by molar-refractivity contribution is 9.10. The van der Waals surface area contributed by atoms with Gasteiger partial charge in [-0.05, 0) is 34.5 Å². The lowest BCUT2D eigenvalue weighted by Crippen LogP contribution is -2.27. The van der Waals surface area contributed by atoms with Crippen LogP contribution in [0.5, 0.6) is 0 Å². The maximum absolute atomic E-state index is 12.0. The van der Waals surface area contributed by atoms with Crippen molar-refractivity contribution in [1.82, 2.24) is 4.47 Å². The number of hydroxylamine groups is 1. The SMILES string of the molecule is O=S(=O)(c1ccccc1Br)N1CCCO1. The predicted molar refractivity (Wildman–Crippen MR) is 58.6 cm³/mol. The molecule has 0 N–H and O–H groups in total. The number of nitrogens with zero attached hydrogens (tertiary/aromatic N) is 1. The Morgan fingerprint density at radius 2 is 2.07 bits per heavy atom. The molecule has 6 heteroatoms. The van der Waals surface area contributed by atoms with Crippen molar-refractivity contribution < 1.29 is 13.3 Å². The second kappa shape index (κ2) is 4.21. The van der Waals surface area contributed by atoms with Gasteiger partial charge in [0.1, 0.15) is 0 Å². The lowest BCUT2D eigenvalue weighted by molar-refractivity contribution is -0.0285. The quantitative estimate of drug-likeness (QED) is 0.834. The average Bonchev–Trinajstić information content (AvgIpc) is 2.71. The van der Waals surface area contributed by atoms with E-state index in [0.29, 0.717) is 17.6 Å². The van der Waals surface area contributed by atoms with Crippen LogP contribution in [0.2, 0.25) is 0 Å². The van der Waals surface area contributed by atoms with Crippen molar-refractivity contribution in [2.45, 2.75) is 11.3 Å². The Balaban J connectivity index is 2.41. The molecule has 0 aromatic heterocycles. The third kappa shape index (κ3) is 2.08. The average molecular weight is 292 g/mol. The van der Waals surface area contributed by atoms with E-state index in [1.54, 1.807) is 24.3 Å². The fraction of sp³-hybridized carbons (Fsp3) is 0.333. The standard InChI is InChI=1S/C9H10BrNO3S/c10-8-4-1-2-5-9(8)15(12,13)11-6-3-7-14-11/h1-2,4-5H,3,6-7H2. The first-order valence-electron chi connectivity index (χ1n) is 4.52. The summed E-state index contributed by atoms with van der Waals surface area (Å²) in [5.41, 5.74) is 0. The molecule has 15 heavy (non-hydrogen) atoms. The van der Waals surface area contributed by atoms with Gasteiger partial charge >= 0.3 is 0 Å². The number of halogens is 1. The zero-order chi connectivity index (χ0) is 10.9. The van der Waals surface area contributed by atoms with Crippen LogP contribution in [0.25, 0.3) is 0 Å². The first kappa shape index (κ1) is 11.1. The minimum atomic E-state index is -3.51. The smallest absolute Gasteiger partial charge is 0.266 e. The van der Waals surface area contributed by atoms with Crippen molar-refractivity contribution in [2.75, 3.05) is 13.2 Å². The summed E-state index contributed by atoms with van der Waals surface area (Å²) in [7, 11) is -3.51. The van der Waals surface area contributed by atoms with Gasteiger partial charge in [-0.2, -0.15) is 0 Å². The van der Waals surface area contributed by atoms with Crippen LogP contribution in [0, 0.1) is 0 Å². The molecule has 1 heterocycles. The van der Waals surface area contributed by atoms with Crippen molar-refractivity contribution in [3.05, 3.63) is 28.7 Å². The molecule has 0 amide bonds. The number of benzene rings is 1. The Morgan fingerprint density at radius 3 is 2.67 bits per heavy atom. The maximum Gasteiger partial charge on any atom is 0.266 e. The van der Waals surface area contributed by atoms with Gasteiger partial charge < -0.3 is 0 Å². The summed E-state index contributed by atoms with van der Waals surface area (Å²) in [5.74, 6) is 0. The summed E-state index contributed by atoms with van der Waals surface area (Å²) in [4.78, 5) is 5.29. The van der Waals surface area contributed by atoms with Crippen molar-refractivity contribution in [2.24, 2.45) is 0 Å². The molecule has 0 spiro atoms. The fourth-order valence-corrected chi connectivity index (χ4v) is 3.64. The van der Waals surface area contributed by atoms with E-state index in [4.69, 9.17) is 4.84 Å². The number of rotatable bonds is 2. The van der Waals surface area contributed by atoms with Crippen LogP contribution in [0.4, 0.5) is 0 Å². The molecule has 1 aliphatic rings. The predicted octanol–water partition coefficient (Wildman–Crippen LogP) is 1.78. The summed E-state index contributed by atoms with van der Waals surface area (Å²) >= 11 is 3.22. The molecule has 1 fully saturated rings. The van der Waals surface area contributed by atoms with E-state index in [1.165, 1.54) is 0 Å². The van der Waals surface area contributed by atoms with Crippen molar-refractivity contribution >= 4 is 26.0 Å². The molecule has 0 radical (unpaired) electrons. The van der Waals surface area contributed by atoms with E-state index in [1.807, 2.05) is 0 Å². The third-order valence-corrected chi connectivity index (χ3v) is 4.79. The van der Waals surface area contributed by atoms with Crippen molar-refractivity contribution in [3.63, 3.8) is 0 Å². The van der Waals surface area contributed by atoms with E-state index in [0.717, 1.165) is 10.9 Å². The van der Waals surface area contributed by atoms with Crippen LogP contribution in [-0.2, 0) is 14.9 Å². The highest BCUT2D eigenvalue weighted by Gasteiger charge is 2.29. The summed E-state index contributed by atoms with van der Waals surface area (Å²) < 4.78 is 25.7. The van der Waals surface area contributed by atoms with E-state index < -0.39 is 10.0 Å². The lowest BCUT2D eigenvalue weighted by atomic mass is 10.4. The Kier molecular flexibility index (Phi) is 3.11. The molecule has 2 rings (SSSR count). The van der Waals surface area contributed by atoms with E-state index in [2.05, 4.69) is 15.9 Å². The van der Waals surface area contributed by atoms with E-state index in [-0.39, 0.29) is 4.90 Å². The van der Waals surface area contributed by atoms with Crippen molar-refractivity contribution in [3.8, 4) is 0 Å². The van der Waals surface area contributed by atoms with E-state index in [9.17, 15) is 8.42 Å². The van der Waals surface area contributed by atoms with Crippen molar-refractivity contribution in [1.29, 1.82) is 0 Å². The highest BCUT2D eigenvalue weighted by Crippen LogP contribution is 2.26. The molecule has 0 atom stereocenters. The van der Waals surface area contributed by atoms with Gasteiger partial charge in [0.2, 0.25) is 0 Å². The zero-order valence-corrected chi connectivity index (χ0v) is 10.3. The first-order chi connectivity index (χ1) is 7.12. The van der Waals surface area contributed by atoms with Gasteiger partial charge in [-0.25, -0.2) is 8.42 Å². The van der Waals surface area contributed by atoms with Gasteiger partial charge in [0, 0.05) is 11.0 Å². The minimum Gasteiger partial charge on any atom is -0.284 e. The molecular formula is C9H10BrNO3S. The van der Waals surface area contributed by atoms with Crippen LogP contribution >= 0.6 is 15.9 Å². The number of hydrogen-bond donors (Lipinski definition) is 0. The van der Waals surface area contributed by atoms with E-state index >= 15 is 0 Å². The molecule has 0 bridgehead atoms. The van der Waals surface area contributed by atoms with Gasteiger partial charge in [0.05, 0.1) is 11.5 Å². The normalized spacial score (nSPS) is 18.2. The van der Waals surface area contributed by atoms with Crippen LogP contribution < -0.4 is 0 Å². The van der Waals surface area contributed by atoms with Crippen LogP contribution in [-0.4, -0.2) is 26.0 Å². The molecule has 1 aromatic carbocycles. The molecular weight excluding hydrogens is 282 g/mol. The van der Waals surface area contributed by atoms with Crippen LogP contribution in [0.3, 0.4) is 0 Å². The summed E-state index contributed by atoms with van der Waals surface area (Å²) in [6.45, 7) is 0.882. The fourth-order valence-electron chi connectivity index (χ4n) is 1.38. The summed E-state index contributed by atoms with van der Waals surface area (Å²) in [6, 6.07) is 6.71. The Bertz CT molecular complexity index is 454. The molecule has 0 saturated carbocycles. The number of sulfonamides is 1. The Morgan fingerprint density at radius 1 is 1.33 bits per heavy atom. The molecule has 4 nitrogen and oxygen atoms in total. The topological polar surface area (TPSA) is 46.6 Å². The largest absolute Gasteiger partial charge is 0.284 e. The first-order valence-corrected chi connectivity index (χ1v) is 6.76. The third-order valence-electron chi connectivity index (χ3n) is 2.10. The molecule has 0 aliphatic carbocycles. The maximum atomic E-state index is 12.0. The zero-order valence-electron chi connectivity index (χ0n) is 7.89. The number of hydrogen-bond acceptors (Lipinski definition) is 3. The summed E-state index contributed by atoms with van der Waals surface area (Å²) in [5, 5.41) is 0. The van der Waals surface area contributed by atoms with Gasteiger partial charge in [-0.1, -0.05) is 16.6 Å². The molecule has 1 saturated heterocycles. The molecule has 0 unspecified atom stereocenters. The highest BCUT2D eigenvalue weighted by atomic mass is 79.9. The van der Waals surface area contributed by atoms with Crippen LogP contribution in [0.15, 0.2) is 33.6 Å². The second-order valence-electron chi connectivity index (χ2n) is 3.15. The monoisotopic (exact) mass is 291 g/mol. The Hall–Kier alpha value is -0.430. The Labute approximate surface area is 97.0 Å². The van der Waals surface area contributed by atoms with Gasteiger partial charge in [-0.15, -0.1) is 0 Å². The lowest BCUT2D eigenvalue weighted by Gasteiger charge is -2.14. The van der Waals surface area contributed by atoms with Gasteiger partial charge in [-0.3, -0.25) is 4.84 Å². The van der Waals surface area contributed by atoms with Gasteiger partial charge in [0.15, 0.2) is 0 Å². The molecule has 1 aliphatic heterocycles. The molecule has 82 valence electrons. The molecule has 1 aromatic rings. The second-order valence-corrected chi connectivity index (χ2v) is 5.80.